The Kier molecular flexibility index (Phi) is 3.59. The van der Waals surface area contributed by atoms with Gasteiger partial charge in [-0.3, -0.25) is 4.79 Å². The monoisotopic (exact) mass is 282 g/mol. The fourth-order valence-corrected chi connectivity index (χ4v) is 2.03. The summed E-state index contributed by atoms with van der Waals surface area (Å²) in [7, 11) is 0. The predicted octanol–water partition coefficient (Wildman–Crippen LogP) is 1.84. The molecule has 0 atom stereocenters. The fraction of sp³-hybridized carbons (Fsp3) is 0.200. The van der Waals surface area contributed by atoms with Crippen LogP contribution in [0.2, 0.25) is 0 Å². The molecule has 2 aromatic heterocycles. The van der Waals surface area contributed by atoms with Gasteiger partial charge in [-0.25, -0.2) is 4.68 Å². The van der Waals surface area contributed by atoms with Gasteiger partial charge in [0.25, 0.3) is 5.56 Å². The molecule has 6 nitrogen and oxygen atoms in total. The van der Waals surface area contributed by atoms with E-state index in [2.05, 4.69) is 15.2 Å². The molecular weight excluding hydrogens is 268 g/mol. The molecule has 2 heterocycles. The van der Waals surface area contributed by atoms with Gasteiger partial charge in [0.1, 0.15) is 0 Å². The molecular formula is C15H14N4O2. The Labute approximate surface area is 121 Å². The molecule has 0 radical (unpaired) electrons. The van der Waals surface area contributed by atoms with E-state index in [9.17, 15) is 4.79 Å². The Morgan fingerprint density at radius 2 is 2.00 bits per heavy atom. The van der Waals surface area contributed by atoms with Crippen LogP contribution in [-0.2, 0) is 13.0 Å². The number of hydrogen-bond donors (Lipinski definition) is 0. The van der Waals surface area contributed by atoms with Gasteiger partial charge in [0, 0.05) is 31.3 Å². The average Bonchev–Trinajstić information content (AvgIpc) is 2.94. The van der Waals surface area contributed by atoms with Crippen LogP contribution < -0.4 is 5.56 Å². The van der Waals surface area contributed by atoms with E-state index in [1.807, 2.05) is 24.3 Å². The second-order valence-electron chi connectivity index (χ2n) is 4.67. The maximum atomic E-state index is 11.6. The molecule has 1 aromatic carbocycles. The van der Waals surface area contributed by atoms with Crippen molar-refractivity contribution in [3.63, 3.8) is 0 Å². The van der Waals surface area contributed by atoms with E-state index in [1.54, 1.807) is 19.2 Å². The van der Waals surface area contributed by atoms with E-state index in [0.29, 0.717) is 18.3 Å². The molecule has 6 heteroatoms. The van der Waals surface area contributed by atoms with Gasteiger partial charge < -0.3 is 4.52 Å². The van der Waals surface area contributed by atoms with Crippen molar-refractivity contribution in [1.82, 2.24) is 19.9 Å². The lowest BCUT2D eigenvalue weighted by molar-refractivity contribution is 0.394. The largest absolute Gasteiger partial charge is 0.339 e. The van der Waals surface area contributed by atoms with Crippen molar-refractivity contribution < 1.29 is 4.52 Å². The van der Waals surface area contributed by atoms with Crippen molar-refractivity contribution >= 4 is 0 Å². The van der Waals surface area contributed by atoms with Gasteiger partial charge in [-0.15, -0.1) is 0 Å². The normalized spacial score (nSPS) is 10.7. The molecule has 0 aliphatic heterocycles. The third-order valence-electron chi connectivity index (χ3n) is 3.14. The molecule has 3 aromatic rings. The zero-order valence-corrected chi connectivity index (χ0v) is 11.6. The Morgan fingerprint density at radius 3 is 2.67 bits per heavy atom. The number of hydrogen-bond acceptors (Lipinski definition) is 5. The molecule has 0 fully saturated rings. The molecule has 106 valence electrons. The first-order valence-electron chi connectivity index (χ1n) is 6.64. The minimum atomic E-state index is -0.0867. The van der Waals surface area contributed by atoms with Crippen LogP contribution in [0.3, 0.4) is 0 Å². The van der Waals surface area contributed by atoms with Gasteiger partial charge in [0.05, 0.1) is 0 Å². The molecule has 0 aliphatic carbocycles. The van der Waals surface area contributed by atoms with E-state index in [0.717, 1.165) is 17.5 Å². The third kappa shape index (κ3) is 3.05. The van der Waals surface area contributed by atoms with E-state index >= 15 is 0 Å². The first-order valence-corrected chi connectivity index (χ1v) is 6.64. The Hall–Kier alpha value is -2.76. The number of rotatable bonds is 4. The Balaban J connectivity index is 1.70. The van der Waals surface area contributed by atoms with Crippen LogP contribution in [0, 0.1) is 6.92 Å². The van der Waals surface area contributed by atoms with Gasteiger partial charge in [0.2, 0.25) is 11.7 Å². The predicted molar refractivity (Wildman–Crippen MR) is 76.7 cm³/mol. The first-order chi connectivity index (χ1) is 10.2. The summed E-state index contributed by atoms with van der Waals surface area (Å²) in [5.41, 5.74) is 1.94. The molecule has 0 amide bonds. The Bertz CT molecular complexity index is 790. The molecule has 0 aliphatic rings. The fourth-order valence-electron chi connectivity index (χ4n) is 2.03. The lowest BCUT2D eigenvalue weighted by atomic mass is 10.1. The summed E-state index contributed by atoms with van der Waals surface area (Å²) in [6.45, 7) is 2.32. The number of nitrogens with zero attached hydrogens (tertiary/aromatic N) is 4. The highest BCUT2D eigenvalue weighted by Crippen LogP contribution is 2.16. The number of benzene rings is 1. The molecule has 0 saturated carbocycles. The summed E-state index contributed by atoms with van der Waals surface area (Å²) in [4.78, 5) is 15.7. The van der Waals surface area contributed by atoms with Crippen LogP contribution in [0.1, 0.15) is 11.5 Å². The van der Waals surface area contributed by atoms with Crippen LogP contribution in [0.5, 0.6) is 0 Å². The van der Waals surface area contributed by atoms with Crippen LogP contribution >= 0.6 is 0 Å². The summed E-state index contributed by atoms with van der Waals surface area (Å²) in [5, 5.41) is 7.91. The van der Waals surface area contributed by atoms with Crippen molar-refractivity contribution in [2.45, 2.75) is 19.9 Å². The lowest BCUT2D eigenvalue weighted by Crippen LogP contribution is -2.22. The molecule has 0 spiro atoms. The molecule has 21 heavy (non-hydrogen) atoms. The highest BCUT2D eigenvalue weighted by molar-refractivity contribution is 5.54. The minimum absolute atomic E-state index is 0.0867. The topological polar surface area (TPSA) is 73.8 Å². The summed E-state index contributed by atoms with van der Waals surface area (Å²) < 4.78 is 6.42. The Morgan fingerprint density at radius 1 is 1.19 bits per heavy atom. The zero-order chi connectivity index (χ0) is 14.7. The highest BCUT2D eigenvalue weighted by atomic mass is 16.5. The van der Waals surface area contributed by atoms with Crippen molar-refractivity contribution in [1.29, 1.82) is 0 Å². The average molecular weight is 282 g/mol. The summed E-state index contributed by atoms with van der Waals surface area (Å²) in [6.07, 6.45) is 2.35. The number of aromatic nitrogens is 4. The van der Waals surface area contributed by atoms with E-state index in [4.69, 9.17) is 4.52 Å². The quantitative estimate of drug-likeness (QED) is 0.730. The molecule has 0 bridgehead atoms. The van der Waals surface area contributed by atoms with Crippen molar-refractivity contribution in [3.8, 4) is 11.4 Å². The second kappa shape index (κ2) is 5.70. The maximum Gasteiger partial charge on any atom is 0.266 e. The molecule has 3 rings (SSSR count). The minimum Gasteiger partial charge on any atom is -0.339 e. The van der Waals surface area contributed by atoms with Crippen molar-refractivity contribution in [2.75, 3.05) is 0 Å². The van der Waals surface area contributed by atoms with Crippen LogP contribution in [0.25, 0.3) is 11.4 Å². The molecule has 0 saturated heterocycles. The van der Waals surface area contributed by atoms with Gasteiger partial charge >= 0.3 is 0 Å². The van der Waals surface area contributed by atoms with Crippen molar-refractivity contribution in [3.05, 3.63) is 64.4 Å². The smallest absolute Gasteiger partial charge is 0.266 e. The highest BCUT2D eigenvalue weighted by Gasteiger charge is 2.05. The third-order valence-corrected chi connectivity index (χ3v) is 3.14. The van der Waals surface area contributed by atoms with Gasteiger partial charge in [-0.05, 0) is 18.1 Å². The van der Waals surface area contributed by atoms with Gasteiger partial charge in [-0.1, -0.05) is 29.4 Å². The maximum absolute atomic E-state index is 11.6. The number of aryl methyl sites for hydroxylation is 3. The summed E-state index contributed by atoms with van der Waals surface area (Å²) in [6, 6.07) is 11.0. The van der Waals surface area contributed by atoms with Gasteiger partial charge in [-0.2, -0.15) is 10.1 Å². The van der Waals surface area contributed by atoms with Gasteiger partial charge in [0.15, 0.2) is 0 Å². The van der Waals surface area contributed by atoms with Crippen LogP contribution in [0.4, 0.5) is 0 Å². The summed E-state index contributed by atoms with van der Waals surface area (Å²) >= 11 is 0. The summed E-state index contributed by atoms with van der Waals surface area (Å²) in [5.74, 6) is 1.13. The van der Waals surface area contributed by atoms with E-state index < -0.39 is 0 Å². The standard InChI is InChI=1S/C15H14N4O2/c1-11-17-15(18-21-11)13-6-4-12(5-7-13)8-10-19-14(20)3-2-9-16-19/h2-7,9H,8,10H2,1H3. The van der Waals surface area contributed by atoms with E-state index in [1.165, 1.54) is 10.7 Å². The molecule has 0 N–H and O–H groups in total. The second-order valence-corrected chi connectivity index (χ2v) is 4.67. The van der Waals surface area contributed by atoms with E-state index in [-0.39, 0.29) is 5.56 Å². The van der Waals surface area contributed by atoms with Crippen LogP contribution in [-0.4, -0.2) is 19.9 Å². The molecule has 0 unspecified atom stereocenters. The lowest BCUT2D eigenvalue weighted by Gasteiger charge is -2.04. The zero-order valence-electron chi connectivity index (χ0n) is 11.6. The first kappa shape index (κ1) is 13.2. The SMILES string of the molecule is Cc1nc(-c2ccc(CCn3ncccc3=O)cc2)no1. The van der Waals surface area contributed by atoms with Crippen LogP contribution in [0.15, 0.2) is 51.9 Å². The van der Waals surface area contributed by atoms with Crippen molar-refractivity contribution in [2.24, 2.45) is 0 Å².